The van der Waals surface area contributed by atoms with E-state index < -0.39 is 13.0 Å². The van der Waals surface area contributed by atoms with Crippen molar-refractivity contribution in [3.63, 3.8) is 0 Å². The van der Waals surface area contributed by atoms with Crippen molar-refractivity contribution < 1.29 is 14.4 Å². The number of rotatable bonds is 4. The lowest BCUT2D eigenvalue weighted by molar-refractivity contribution is -0.384. The quantitative estimate of drug-likeness (QED) is 0.533. The Labute approximate surface area is 116 Å². The van der Waals surface area contributed by atoms with E-state index in [1.165, 1.54) is 12.1 Å². The molecule has 0 aromatic heterocycles. The first-order chi connectivity index (χ1) is 9.50. The average molecular weight is 290 g/mol. The molecule has 5 nitrogen and oxygen atoms in total. The third-order valence-electron chi connectivity index (χ3n) is 3.21. The van der Waals surface area contributed by atoms with Gasteiger partial charge in [0.25, 0.3) is 5.69 Å². The maximum Gasteiger partial charge on any atom is 0.546 e. The van der Waals surface area contributed by atoms with Crippen LogP contribution in [0.4, 0.5) is 5.69 Å². The summed E-state index contributed by atoms with van der Waals surface area (Å²) in [6.45, 7) is 1.90. The second-order valence-corrected chi connectivity index (χ2v) is 5.43. The first-order valence-electron chi connectivity index (χ1n) is 6.00. The number of nitro groups is 1. The third-order valence-corrected chi connectivity index (χ3v) is 4.03. The molecule has 2 aromatic rings. The van der Waals surface area contributed by atoms with Gasteiger partial charge >= 0.3 is 8.03 Å². The molecule has 6 heteroatoms. The van der Waals surface area contributed by atoms with Gasteiger partial charge in [-0.3, -0.25) is 10.1 Å². The van der Waals surface area contributed by atoms with Crippen molar-refractivity contribution in [1.29, 1.82) is 0 Å². The van der Waals surface area contributed by atoms with Gasteiger partial charge in [0, 0.05) is 23.6 Å². The minimum absolute atomic E-state index is 0.0301. The summed E-state index contributed by atoms with van der Waals surface area (Å²) in [5.74, 6) is -0.113. The summed E-state index contributed by atoms with van der Waals surface area (Å²) in [7, 11) is -2.41. The summed E-state index contributed by atoms with van der Waals surface area (Å²) in [5.41, 5.74) is 1.65. The Kier molecular flexibility index (Phi) is 4.23. The zero-order valence-corrected chi connectivity index (χ0v) is 11.7. The SMILES string of the molecule is CC(c1ccc([N+](=O)[O-])cc1)c1ccccc1[P+](=O)O. The standard InChI is InChI=1S/C14H12NO4P/c1-10(11-6-8-12(9-7-11)15(16)17)13-4-2-3-5-14(13)20(18)19/h2-10H,1H3/p+1. The van der Waals surface area contributed by atoms with E-state index >= 15 is 0 Å². The summed E-state index contributed by atoms with van der Waals surface area (Å²) in [6, 6.07) is 13.2. The average Bonchev–Trinajstić information content (AvgIpc) is 2.46. The molecular formula is C14H13NO4P+. The lowest BCUT2D eigenvalue weighted by Crippen LogP contribution is -2.09. The van der Waals surface area contributed by atoms with Crippen LogP contribution in [0.1, 0.15) is 24.0 Å². The lowest BCUT2D eigenvalue weighted by atomic mass is 9.93. The Bertz CT molecular complexity index is 654. The lowest BCUT2D eigenvalue weighted by Gasteiger charge is -2.11. The zero-order chi connectivity index (χ0) is 14.7. The minimum Gasteiger partial charge on any atom is -0.258 e. The molecule has 2 rings (SSSR count). The first kappa shape index (κ1) is 14.3. The van der Waals surface area contributed by atoms with Crippen molar-refractivity contribution >= 4 is 19.0 Å². The van der Waals surface area contributed by atoms with Crippen LogP contribution in [0.15, 0.2) is 48.5 Å². The predicted octanol–water partition coefficient (Wildman–Crippen LogP) is 3.11. The van der Waals surface area contributed by atoms with E-state index in [2.05, 4.69) is 0 Å². The Morgan fingerprint density at radius 1 is 1.15 bits per heavy atom. The molecule has 0 amide bonds. The molecule has 20 heavy (non-hydrogen) atoms. The number of non-ortho nitro benzene ring substituents is 1. The third kappa shape index (κ3) is 2.90. The van der Waals surface area contributed by atoms with Gasteiger partial charge in [-0.15, -0.1) is 0 Å². The highest BCUT2D eigenvalue weighted by molar-refractivity contribution is 7.47. The van der Waals surface area contributed by atoms with Crippen molar-refractivity contribution in [2.24, 2.45) is 0 Å². The van der Waals surface area contributed by atoms with E-state index in [4.69, 9.17) is 0 Å². The van der Waals surface area contributed by atoms with Crippen molar-refractivity contribution in [3.05, 3.63) is 69.8 Å². The number of nitrogens with zero attached hydrogens (tertiary/aromatic N) is 1. The smallest absolute Gasteiger partial charge is 0.258 e. The molecular weight excluding hydrogens is 277 g/mol. The largest absolute Gasteiger partial charge is 0.546 e. The first-order valence-corrected chi connectivity index (χ1v) is 7.21. The van der Waals surface area contributed by atoms with Crippen LogP contribution < -0.4 is 5.30 Å². The van der Waals surface area contributed by atoms with Crippen molar-refractivity contribution in [2.75, 3.05) is 0 Å². The van der Waals surface area contributed by atoms with E-state index in [0.29, 0.717) is 5.30 Å². The summed E-state index contributed by atoms with van der Waals surface area (Å²) in [4.78, 5) is 19.5. The van der Waals surface area contributed by atoms with Gasteiger partial charge in [-0.25, -0.2) is 0 Å². The van der Waals surface area contributed by atoms with Crippen LogP contribution in [-0.4, -0.2) is 9.82 Å². The van der Waals surface area contributed by atoms with Gasteiger partial charge in [-0.1, -0.05) is 37.3 Å². The van der Waals surface area contributed by atoms with Crippen LogP contribution >= 0.6 is 8.03 Å². The van der Waals surface area contributed by atoms with Crippen LogP contribution in [0.2, 0.25) is 0 Å². The second-order valence-electron chi connectivity index (χ2n) is 4.40. The molecule has 0 radical (unpaired) electrons. The molecule has 0 heterocycles. The van der Waals surface area contributed by atoms with Gasteiger partial charge in [0.15, 0.2) is 0 Å². The molecule has 2 unspecified atom stereocenters. The molecule has 0 aliphatic carbocycles. The molecule has 0 aliphatic rings. The van der Waals surface area contributed by atoms with Gasteiger partial charge in [0.2, 0.25) is 5.30 Å². The normalized spacial score (nSPS) is 12.8. The highest BCUT2D eigenvalue weighted by Crippen LogP contribution is 2.28. The van der Waals surface area contributed by atoms with Crippen LogP contribution in [0, 0.1) is 10.1 Å². The topological polar surface area (TPSA) is 80.4 Å². The number of benzene rings is 2. The molecule has 0 bridgehead atoms. The summed E-state index contributed by atoms with van der Waals surface area (Å²) >= 11 is 0. The van der Waals surface area contributed by atoms with E-state index in [1.54, 1.807) is 36.4 Å². The Morgan fingerprint density at radius 3 is 2.30 bits per heavy atom. The van der Waals surface area contributed by atoms with Gasteiger partial charge < -0.3 is 0 Å². The maximum absolute atomic E-state index is 11.4. The van der Waals surface area contributed by atoms with Gasteiger partial charge in [-0.2, -0.15) is 4.89 Å². The second kappa shape index (κ2) is 5.90. The van der Waals surface area contributed by atoms with Crippen molar-refractivity contribution in [1.82, 2.24) is 0 Å². The van der Waals surface area contributed by atoms with Gasteiger partial charge in [-0.05, 0) is 16.2 Å². The molecule has 102 valence electrons. The predicted molar refractivity (Wildman–Crippen MR) is 76.5 cm³/mol. The van der Waals surface area contributed by atoms with Crippen molar-refractivity contribution in [3.8, 4) is 0 Å². The fourth-order valence-corrected chi connectivity index (χ4v) is 2.79. The van der Waals surface area contributed by atoms with E-state index in [-0.39, 0.29) is 11.6 Å². The van der Waals surface area contributed by atoms with Crippen LogP contribution in [-0.2, 0) is 4.57 Å². The van der Waals surface area contributed by atoms with Crippen LogP contribution in [0.3, 0.4) is 0 Å². The monoisotopic (exact) mass is 290 g/mol. The van der Waals surface area contributed by atoms with Gasteiger partial charge in [0.05, 0.1) is 4.92 Å². The molecule has 0 spiro atoms. The molecule has 2 atom stereocenters. The molecule has 0 saturated carbocycles. The minimum atomic E-state index is -2.41. The van der Waals surface area contributed by atoms with Crippen molar-refractivity contribution in [2.45, 2.75) is 12.8 Å². The van der Waals surface area contributed by atoms with Crippen LogP contribution in [0.5, 0.6) is 0 Å². The van der Waals surface area contributed by atoms with E-state index in [9.17, 15) is 19.6 Å². The highest BCUT2D eigenvalue weighted by Gasteiger charge is 2.25. The molecule has 2 aromatic carbocycles. The highest BCUT2D eigenvalue weighted by atomic mass is 31.1. The zero-order valence-electron chi connectivity index (χ0n) is 10.8. The molecule has 0 saturated heterocycles. The Hall–Kier alpha value is -2.10. The molecule has 1 N–H and O–H groups in total. The number of nitro benzene ring substituents is 1. The maximum atomic E-state index is 11.4. The fourth-order valence-electron chi connectivity index (χ4n) is 2.09. The summed E-state index contributed by atoms with van der Waals surface area (Å²) in [5, 5.41) is 11.0. The molecule has 0 aliphatic heterocycles. The Morgan fingerprint density at radius 2 is 1.75 bits per heavy atom. The van der Waals surface area contributed by atoms with E-state index in [0.717, 1.165) is 11.1 Å². The summed E-state index contributed by atoms with van der Waals surface area (Å²) in [6.07, 6.45) is 0. The van der Waals surface area contributed by atoms with Crippen LogP contribution in [0.25, 0.3) is 0 Å². The van der Waals surface area contributed by atoms with Gasteiger partial charge in [0.1, 0.15) is 0 Å². The Balaban J connectivity index is 2.38. The molecule has 0 fully saturated rings. The van der Waals surface area contributed by atoms with E-state index in [1.807, 2.05) is 6.92 Å². The summed E-state index contributed by atoms with van der Waals surface area (Å²) < 4.78 is 11.4. The number of hydrogen-bond donors (Lipinski definition) is 1. The fraction of sp³-hybridized carbons (Fsp3) is 0.143. The number of hydrogen-bond acceptors (Lipinski definition) is 3.